The number of rotatable bonds is 8. The third-order valence-electron chi connectivity index (χ3n) is 5.23. The molecule has 136 valence electrons. The fourth-order valence-corrected chi connectivity index (χ4v) is 2.81. The monoisotopic (exact) mass is 341 g/mol. The van der Waals surface area contributed by atoms with Gasteiger partial charge in [0.25, 0.3) is 0 Å². The molecule has 0 aliphatic heterocycles. The zero-order valence-electron chi connectivity index (χ0n) is 16.2. The lowest BCUT2D eigenvalue weighted by molar-refractivity contribution is -0.124. The highest BCUT2D eigenvalue weighted by atomic mass is 16.2. The zero-order valence-corrected chi connectivity index (χ0v) is 16.2. The number of hydrogen-bond donors (Lipinski definition) is 1. The highest BCUT2D eigenvalue weighted by molar-refractivity contribution is 5.79. The van der Waals surface area contributed by atoms with Crippen LogP contribution in [-0.2, 0) is 11.3 Å². The Morgan fingerprint density at radius 1 is 1.28 bits per heavy atom. The lowest BCUT2D eigenvalue weighted by atomic mass is 9.90. The van der Waals surface area contributed by atoms with Crippen LogP contribution in [0.15, 0.2) is 24.3 Å². The van der Waals surface area contributed by atoms with E-state index in [1.165, 1.54) is 11.1 Å². The van der Waals surface area contributed by atoms with Crippen molar-refractivity contribution < 1.29 is 4.79 Å². The van der Waals surface area contributed by atoms with Crippen molar-refractivity contribution in [3.05, 3.63) is 35.4 Å². The maximum atomic E-state index is 12.5. The molecule has 4 nitrogen and oxygen atoms in total. The van der Waals surface area contributed by atoms with E-state index in [2.05, 4.69) is 54.4 Å². The van der Waals surface area contributed by atoms with Crippen LogP contribution >= 0.6 is 0 Å². The summed E-state index contributed by atoms with van der Waals surface area (Å²) in [6.45, 7) is 11.2. The molecule has 2 rings (SSSR count). The van der Waals surface area contributed by atoms with Crippen LogP contribution in [0.3, 0.4) is 0 Å². The molecule has 4 heteroatoms. The molecule has 1 atom stereocenters. The average molecular weight is 341 g/mol. The van der Waals surface area contributed by atoms with Crippen LogP contribution in [-0.4, -0.2) is 28.9 Å². The maximum Gasteiger partial charge on any atom is 0.235 e. The quantitative estimate of drug-likeness (QED) is 0.782. The van der Waals surface area contributed by atoms with Gasteiger partial charge in [-0.15, -0.1) is 0 Å². The third kappa shape index (κ3) is 5.31. The molecule has 1 fully saturated rings. The van der Waals surface area contributed by atoms with E-state index >= 15 is 0 Å². The Morgan fingerprint density at radius 2 is 1.88 bits per heavy atom. The van der Waals surface area contributed by atoms with Gasteiger partial charge in [-0.3, -0.25) is 9.69 Å². The van der Waals surface area contributed by atoms with Crippen molar-refractivity contribution in [2.75, 3.05) is 6.54 Å². The number of benzene rings is 1. The van der Waals surface area contributed by atoms with Gasteiger partial charge in [0.05, 0.1) is 12.6 Å². The molecule has 1 aliphatic carbocycles. The van der Waals surface area contributed by atoms with E-state index in [9.17, 15) is 10.1 Å². The fraction of sp³-hybridized carbons (Fsp3) is 0.619. The largest absolute Gasteiger partial charge is 0.337 e. The predicted octanol–water partition coefficient (Wildman–Crippen LogP) is 3.83. The number of nitrogens with zero attached hydrogens (tertiary/aromatic N) is 2. The summed E-state index contributed by atoms with van der Waals surface area (Å²) < 4.78 is 0. The normalized spacial score (nSPS) is 16.8. The van der Waals surface area contributed by atoms with E-state index in [4.69, 9.17) is 0 Å². The van der Waals surface area contributed by atoms with Gasteiger partial charge in [-0.2, -0.15) is 5.26 Å². The van der Waals surface area contributed by atoms with Gasteiger partial charge >= 0.3 is 0 Å². The van der Waals surface area contributed by atoms with E-state index in [-0.39, 0.29) is 11.8 Å². The molecule has 0 bridgehead atoms. The van der Waals surface area contributed by atoms with Gasteiger partial charge in [0.1, 0.15) is 5.54 Å². The molecular weight excluding hydrogens is 310 g/mol. The summed E-state index contributed by atoms with van der Waals surface area (Å²) in [5, 5.41) is 12.3. The highest BCUT2D eigenvalue weighted by Gasteiger charge is 2.34. The molecule has 1 aromatic rings. The van der Waals surface area contributed by atoms with Gasteiger partial charge in [-0.05, 0) is 42.7 Å². The summed E-state index contributed by atoms with van der Waals surface area (Å²) in [4.78, 5) is 14.7. The summed E-state index contributed by atoms with van der Waals surface area (Å²) in [6.07, 6.45) is 2.30. The summed E-state index contributed by atoms with van der Waals surface area (Å²) in [5.74, 6) is 0.530. The van der Waals surface area contributed by atoms with Crippen LogP contribution in [0.1, 0.15) is 64.5 Å². The standard InChI is InChI=1S/C21H31N3O/c1-15(2)18-8-6-17(7-9-18)12-24(19-10-11-19)13-20(25)23-21(5,14-22)16(3)4/h6-9,15-16,19H,10-13H2,1-5H3,(H,23,25)/t21-/m1/s1. The molecule has 1 aliphatic rings. The van der Waals surface area contributed by atoms with Crippen molar-refractivity contribution >= 4 is 5.91 Å². The first kappa shape index (κ1) is 19.5. The molecule has 1 aromatic carbocycles. The Bertz CT molecular complexity index is 626. The molecular formula is C21H31N3O. The Labute approximate surface area is 152 Å². The van der Waals surface area contributed by atoms with Crippen molar-refractivity contribution in [1.82, 2.24) is 10.2 Å². The second kappa shape index (κ2) is 8.01. The summed E-state index contributed by atoms with van der Waals surface area (Å²) in [5.41, 5.74) is 1.75. The second-order valence-electron chi connectivity index (χ2n) is 8.05. The molecule has 1 amide bonds. The Balaban J connectivity index is 1.99. The van der Waals surface area contributed by atoms with Gasteiger partial charge < -0.3 is 5.32 Å². The van der Waals surface area contributed by atoms with E-state index in [0.29, 0.717) is 18.5 Å². The molecule has 0 aromatic heterocycles. The Morgan fingerprint density at radius 3 is 2.32 bits per heavy atom. The number of nitrogens with one attached hydrogen (secondary N) is 1. The van der Waals surface area contributed by atoms with Gasteiger partial charge in [0.15, 0.2) is 0 Å². The van der Waals surface area contributed by atoms with E-state index in [0.717, 1.165) is 19.4 Å². The van der Waals surface area contributed by atoms with Crippen LogP contribution in [0.25, 0.3) is 0 Å². The third-order valence-corrected chi connectivity index (χ3v) is 5.23. The van der Waals surface area contributed by atoms with Gasteiger partial charge in [-0.1, -0.05) is 52.0 Å². The molecule has 0 spiro atoms. The fourth-order valence-electron chi connectivity index (χ4n) is 2.81. The minimum atomic E-state index is -0.814. The van der Waals surface area contributed by atoms with Crippen molar-refractivity contribution in [1.29, 1.82) is 5.26 Å². The lowest BCUT2D eigenvalue weighted by Gasteiger charge is -2.29. The van der Waals surface area contributed by atoms with Crippen molar-refractivity contribution in [3.8, 4) is 6.07 Å². The van der Waals surface area contributed by atoms with E-state index in [1.807, 2.05) is 13.8 Å². The summed E-state index contributed by atoms with van der Waals surface area (Å²) in [6, 6.07) is 11.4. The first-order valence-corrected chi connectivity index (χ1v) is 9.30. The average Bonchev–Trinajstić information content (AvgIpc) is 3.39. The Hall–Kier alpha value is -1.86. The number of amides is 1. The van der Waals surface area contributed by atoms with Crippen molar-refractivity contribution in [3.63, 3.8) is 0 Å². The maximum absolute atomic E-state index is 12.5. The van der Waals surface area contributed by atoms with Crippen molar-refractivity contribution in [2.24, 2.45) is 5.92 Å². The van der Waals surface area contributed by atoms with Crippen LogP contribution in [0.4, 0.5) is 0 Å². The number of nitriles is 1. The predicted molar refractivity (Wildman–Crippen MR) is 101 cm³/mol. The molecule has 0 saturated heterocycles. The first-order chi connectivity index (χ1) is 11.7. The minimum absolute atomic E-state index is 0.0662. The topological polar surface area (TPSA) is 56.1 Å². The van der Waals surface area contributed by atoms with Gasteiger partial charge in [0, 0.05) is 12.6 Å². The molecule has 1 N–H and O–H groups in total. The molecule has 0 radical (unpaired) electrons. The van der Waals surface area contributed by atoms with Crippen LogP contribution in [0.2, 0.25) is 0 Å². The van der Waals surface area contributed by atoms with Crippen molar-refractivity contribution in [2.45, 2.75) is 71.5 Å². The summed E-state index contributed by atoms with van der Waals surface area (Å²) in [7, 11) is 0. The minimum Gasteiger partial charge on any atom is -0.337 e. The van der Waals surface area contributed by atoms with Gasteiger partial charge in [-0.25, -0.2) is 0 Å². The Kier molecular flexibility index (Phi) is 6.24. The van der Waals surface area contributed by atoms with Crippen LogP contribution in [0.5, 0.6) is 0 Å². The van der Waals surface area contributed by atoms with E-state index in [1.54, 1.807) is 6.92 Å². The SMILES string of the molecule is CC(C)c1ccc(CN(CC(=O)N[C@](C)(C#N)C(C)C)C2CC2)cc1. The van der Waals surface area contributed by atoms with E-state index < -0.39 is 5.54 Å². The zero-order chi connectivity index (χ0) is 18.6. The molecule has 0 unspecified atom stereocenters. The van der Waals surface area contributed by atoms with Gasteiger partial charge in [0.2, 0.25) is 5.91 Å². The second-order valence-corrected chi connectivity index (χ2v) is 8.05. The molecule has 1 saturated carbocycles. The van der Waals surface area contributed by atoms with Crippen LogP contribution in [0, 0.1) is 17.2 Å². The molecule has 25 heavy (non-hydrogen) atoms. The lowest BCUT2D eigenvalue weighted by Crippen LogP contribution is -2.52. The molecule has 0 heterocycles. The highest BCUT2D eigenvalue weighted by Crippen LogP contribution is 2.28. The number of hydrogen-bond acceptors (Lipinski definition) is 3. The first-order valence-electron chi connectivity index (χ1n) is 9.30. The number of carbonyl (C=O) groups is 1. The summed E-state index contributed by atoms with van der Waals surface area (Å²) >= 11 is 0. The number of carbonyl (C=O) groups excluding carboxylic acids is 1. The smallest absolute Gasteiger partial charge is 0.235 e. The van der Waals surface area contributed by atoms with Crippen LogP contribution < -0.4 is 5.32 Å².